The molecule has 0 aromatic carbocycles. The van der Waals surface area contributed by atoms with E-state index in [0.29, 0.717) is 10.9 Å². The molecule has 1 aliphatic heterocycles. The lowest BCUT2D eigenvalue weighted by atomic mass is 10.1. The molecule has 2 rings (SSSR count). The summed E-state index contributed by atoms with van der Waals surface area (Å²) in [6.45, 7) is 2.61. The maximum Gasteiger partial charge on any atom is 0.222 e. The Kier molecular flexibility index (Phi) is 3.46. The predicted molar refractivity (Wildman–Crippen MR) is 63.7 cm³/mol. The van der Waals surface area contributed by atoms with Gasteiger partial charge in [-0.25, -0.2) is 4.98 Å². The molecule has 1 aromatic rings. The standard InChI is InChI=1S/C10H15ClN4O/c1-16-6-7-2-3-15(5-7)9-8(11)4-13-10(12)14-9/h4,7H,2-3,5-6H2,1H3,(H2,12,13,14). The first-order valence-corrected chi connectivity index (χ1v) is 5.60. The van der Waals surface area contributed by atoms with Gasteiger partial charge in [-0.2, -0.15) is 4.98 Å². The minimum atomic E-state index is 0.259. The Balaban J connectivity index is 2.11. The highest BCUT2D eigenvalue weighted by Crippen LogP contribution is 2.28. The predicted octanol–water partition coefficient (Wildman–Crippen LogP) is 1.18. The van der Waals surface area contributed by atoms with Crippen molar-refractivity contribution < 1.29 is 4.74 Å². The Bertz CT molecular complexity index is 374. The van der Waals surface area contributed by atoms with E-state index in [-0.39, 0.29) is 5.95 Å². The summed E-state index contributed by atoms with van der Waals surface area (Å²) in [5.74, 6) is 1.53. The minimum Gasteiger partial charge on any atom is -0.384 e. The molecule has 1 aliphatic rings. The molecular weight excluding hydrogens is 228 g/mol. The lowest BCUT2D eigenvalue weighted by Crippen LogP contribution is -2.22. The van der Waals surface area contributed by atoms with Gasteiger partial charge in [0.2, 0.25) is 5.95 Å². The van der Waals surface area contributed by atoms with Gasteiger partial charge in [0, 0.05) is 26.1 Å². The first-order chi connectivity index (χ1) is 7.70. The number of halogens is 1. The van der Waals surface area contributed by atoms with Crippen LogP contribution in [0.2, 0.25) is 5.02 Å². The molecule has 88 valence electrons. The molecule has 6 heteroatoms. The SMILES string of the molecule is COCC1CCN(c2nc(N)ncc2Cl)C1. The highest BCUT2D eigenvalue weighted by molar-refractivity contribution is 6.32. The number of hydrogen-bond donors (Lipinski definition) is 1. The van der Waals surface area contributed by atoms with Gasteiger partial charge in [-0.05, 0) is 6.42 Å². The Morgan fingerprint density at radius 2 is 2.50 bits per heavy atom. The highest BCUT2D eigenvalue weighted by atomic mass is 35.5. The quantitative estimate of drug-likeness (QED) is 0.863. The van der Waals surface area contributed by atoms with Crippen molar-refractivity contribution in [1.82, 2.24) is 9.97 Å². The van der Waals surface area contributed by atoms with Crippen LogP contribution in [0.5, 0.6) is 0 Å². The smallest absolute Gasteiger partial charge is 0.222 e. The van der Waals surface area contributed by atoms with Crippen LogP contribution in [0.1, 0.15) is 6.42 Å². The molecule has 16 heavy (non-hydrogen) atoms. The Morgan fingerprint density at radius 3 is 3.25 bits per heavy atom. The van der Waals surface area contributed by atoms with Crippen molar-refractivity contribution in [2.45, 2.75) is 6.42 Å². The third-order valence-corrected chi connectivity index (χ3v) is 3.00. The summed E-state index contributed by atoms with van der Waals surface area (Å²) in [7, 11) is 1.72. The first kappa shape index (κ1) is 11.4. The molecule has 1 saturated heterocycles. The molecule has 1 aromatic heterocycles. The van der Waals surface area contributed by atoms with Gasteiger partial charge in [0.05, 0.1) is 12.8 Å². The third kappa shape index (κ3) is 2.36. The van der Waals surface area contributed by atoms with E-state index in [1.807, 2.05) is 0 Å². The molecule has 0 saturated carbocycles. The van der Waals surface area contributed by atoms with Gasteiger partial charge in [-0.3, -0.25) is 0 Å². The Morgan fingerprint density at radius 1 is 1.69 bits per heavy atom. The second kappa shape index (κ2) is 4.84. The number of nitrogen functional groups attached to an aromatic ring is 1. The van der Waals surface area contributed by atoms with Crippen LogP contribution in [-0.4, -0.2) is 36.8 Å². The maximum absolute atomic E-state index is 6.05. The summed E-state index contributed by atoms with van der Waals surface area (Å²) >= 11 is 6.05. The van der Waals surface area contributed by atoms with E-state index < -0.39 is 0 Å². The zero-order valence-electron chi connectivity index (χ0n) is 9.19. The van der Waals surface area contributed by atoms with Crippen LogP contribution in [0.3, 0.4) is 0 Å². The lowest BCUT2D eigenvalue weighted by Gasteiger charge is -2.18. The topological polar surface area (TPSA) is 64.3 Å². The van der Waals surface area contributed by atoms with Crippen LogP contribution in [0.25, 0.3) is 0 Å². The van der Waals surface area contributed by atoms with Crippen LogP contribution in [-0.2, 0) is 4.74 Å². The summed E-state index contributed by atoms with van der Waals surface area (Å²) in [6.07, 6.45) is 2.64. The number of aromatic nitrogens is 2. The summed E-state index contributed by atoms with van der Waals surface area (Å²) in [4.78, 5) is 10.1. The van der Waals surface area contributed by atoms with Gasteiger partial charge < -0.3 is 15.4 Å². The molecule has 0 spiro atoms. The fraction of sp³-hybridized carbons (Fsp3) is 0.600. The van der Waals surface area contributed by atoms with E-state index in [0.717, 1.165) is 31.9 Å². The van der Waals surface area contributed by atoms with E-state index in [2.05, 4.69) is 14.9 Å². The van der Waals surface area contributed by atoms with Crippen LogP contribution < -0.4 is 10.6 Å². The monoisotopic (exact) mass is 242 g/mol. The van der Waals surface area contributed by atoms with Gasteiger partial charge in [0.25, 0.3) is 0 Å². The summed E-state index contributed by atoms with van der Waals surface area (Å²) in [5, 5.41) is 0.548. The molecule has 1 atom stereocenters. The van der Waals surface area contributed by atoms with Crippen molar-refractivity contribution in [3.8, 4) is 0 Å². The fourth-order valence-electron chi connectivity index (χ4n) is 1.99. The Hall–Kier alpha value is -1.07. The van der Waals surface area contributed by atoms with Gasteiger partial charge in [-0.1, -0.05) is 11.6 Å². The zero-order chi connectivity index (χ0) is 11.5. The van der Waals surface area contributed by atoms with Crippen LogP contribution in [0.4, 0.5) is 11.8 Å². The normalized spacial score (nSPS) is 20.4. The van der Waals surface area contributed by atoms with Crippen molar-refractivity contribution in [3.63, 3.8) is 0 Å². The lowest BCUT2D eigenvalue weighted by molar-refractivity contribution is 0.161. The molecule has 5 nitrogen and oxygen atoms in total. The van der Waals surface area contributed by atoms with Gasteiger partial charge in [0.15, 0.2) is 5.82 Å². The fourth-order valence-corrected chi connectivity index (χ4v) is 2.20. The van der Waals surface area contributed by atoms with Gasteiger partial charge >= 0.3 is 0 Å². The highest BCUT2D eigenvalue weighted by Gasteiger charge is 2.25. The van der Waals surface area contributed by atoms with Crippen molar-refractivity contribution in [1.29, 1.82) is 0 Å². The summed E-state index contributed by atoms with van der Waals surface area (Å²) in [5.41, 5.74) is 5.56. The molecule has 0 amide bonds. The summed E-state index contributed by atoms with van der Waals surface area (Å²) < 4.78 is 5.15. The molecule has 0 bridgehead atoms. The molecular formula is C10H15ClN4O. The number of ether oxygens (including phenoxy) is 1. The van der Waals surface area contributed by atoms with E-state index in [1.54, 1.807) is 13.3 Å². The number of anilines is 2. The third-order valence-electron chi connectivity index (χ3n) is 2.73. The average Bonchev–Trinajstić information content (AvgIpc) is 2.71. The molecule has 0 aliphatic carbocycles. The Labute approximate surface area is 99.6 Å². The molecule has 0 radical (unpaired) electrons. The number of nitrogens with two attached hydrogens (primary N) is 1. The largest absolute Gasteiger partial charge is 0.384 e. The maximum atomic E-state index is 6.05. The zero-order valence-corrected chi connectivity index (χ0v) is 9.94. The van der Waals surface area contributed by atoms with Crippen LogP contribution in [0.15, 0.2) is 6.20 Å². The van der Waals surface area contributed by atoms with E-state index >= 15 is 0 Å². The van der Waals surface area contributed by atoms with E-state index in [4.69, 9.17) is 22.1 Å². The van der Waals surface area contributed by atoms with Crippen molar-refractivity contribution in [2.75, 3.05) is 37.4 Å². The molecule has 2 heterocycles. The van der Waals surface area contributed by atoms with Gasteiger partial charge in [0.1, 0.15) is 5.02 Å². The molecule has 1 unspecified atom stereocenters. The number of hydrogen-bond acceptors (Lipinski definition) is 5. The number of rotatable bonds is 3. The molecule has 2 N–H and O–H groups in total. The molecule has 1 fully saturated rings. The second-order valence-corrected chi connectivity index (χ2v) is 4.36. The first-order valence-electron chi connectivity index (χ1n) is 5.22. The van der Waals surface area contributed by atoms with E-state index in [1.165, 1.54) is 0 Å². The van der Waals surface area contributed by atoms with Crippen molar-refractivity contribution >= 4 is 23.4 Å². The van der Waals surface area contributed by atoms with Crippen LogP contribution in [0, 0.1) is 5.92 Å². The summed E-state index contributed by atoms with van der Waals surface area (Å²) in [6, 6.07) is 0. The van der Waals surface area contributed by atoms with Crippen molar-refractivity contribution in [3.05, 3.63) is 11.2 Å². The minimum absolute atomic E-state index is 0.259. The number of nitrogens with zero attached hydrogens (tertiary/aromatic N) is 3. The average molecular weight is 243 g/mol. The van der Waals surface area contributed by atoms with Crippen LogP contribution >= 0.6 is 11.6 Å². The van der Waals surface area contributed by atoms with Crippen molar-refractivity contribution in [2.24, 2.45) is 5.92 Å². The second-order valence-electron chi connectivity index (χ2n) is 3.96. The number of methoxy groups -OCH3 is 1. The van der Waals surface area contributed by atoms with E-state index in [9.17, 15) is 0 Å². The van der Waals surface area contributed by atoms with Gasteiger partial charge in [-0.15, -0.1) is 0 Å².